The van der Waals surface area contributed by atoms with Crippen LogP contribution in [0.1, 0.15) is 28.5 Å². The number of aromatic nitrogens is 2. The summed E-state index contributed by atoms with van der Waals surface area (Å²) in [6.07, 6.45) is 3.55. The van der Waals surface area contributed by atoms with Gasteiger partial charge in [0, 0.05) is 48.6 Å². The largest absolute Gasteiger partial charge is 0.388 e. The summed E-state index contributed by atoms with van der Waals surface area (Å²) in [7, 11) is 0. The Hall–Kier alpha value is -4.30. The van der Waals surface area contributed by atoms with E-state index in [0.717, 1.165) is 23.3 Å². The van der Waals surface area contributed by atoms with Gasteiger partial charge in [0.25, 0.3) is 5.69 Å². The maximum atomic E-state index is 10.9. The third-order valence-electron chi connectivity index (χ3n) is 6.12. The number of non-ortho nitro benzene ring substituents is 1. The predicted octanol–water partition coefficient (Wildman–Crippen LogP) is 4.87. The van der Waals surface area contributed by atoms with Gasteiger partial charge in [-0.15, -0.1) is 0 Å². The van der Waals surface area contributed by atoms with Gasteiger partial charge in [-0.25, -0.2) is 9.97 Å². The number of rotatable bonds is 7. The van der Waals surface area contributed by atoms with Gasteiger partial charge in [0.05, 0.1) is 17.7 Å². The van der Waals surface area contributed by atoms with E-state index in [4.69, 9.17) is 9.97 Å². The molecule has 2 aromatic heterocycles. The van der Waals surface area contributed by atoms with Crippen molar-refractivity contribution in [2.45, 2.75) is 26.0 Å². The number of nitrogens with zero attached hydrogens (tertiary/aromatic N) is 5. The van der Waals surface area contributed by atoms with Crippen LogP contribution < -0.4 is 4.90 Å². The summed E-state index contributed by atoms with van der Waals surface area (Å²) in [5, 5.41) is 22.5. The van der Waals surface area contributed by atoms with Crippen molar-refractivity contribution in [2.24, 2.45) is 0 Å². The van der Waals surface area contributed by atoms with Crippen LogP contribution in [0.4, 0.5) is 11.5 Å². The number of nitro benzene ring substituents is 1. The van der Waals surface area contributed by atoms with E-state index in [9.17, 15) is 15.2 Å². The number of anilines is 1. The van der Waals surface area contributed by atoms with E-state index in [0.29, 0.717) is 23.6 Å². The van der Waals surface area contributed by atoms with Gasteiger partial charge in [-0.1, -0.05) is 30.3 Å². The second-order valence-electron chi connectivity index (χ2n) is 8.68. The molecule has 0 bridgehead atoms. The van der Waals surface area contributed by atoms with E-state index in [1.807, 2.05) is 49.5 Å². The fourth-order valence-electron chi connectivity index (χ4n) is 4.26. The molecule has 0 amide bonds. The maximum Gasteiger partial charge on any atom is 0.269 e. The Morgan fingerprint density at radius 1 is 1.03 bits per heavy atom. The van der Waals surface area contributed by atoms with Gasteiger partial charge in [0.2, 0.25) is 0 Å². The zero-order valence-electron chi connectivity index (χ0n) is 19.3. The van der Waals surface area contributed by atoms with Crippen LogP contribution in [0.2, 0.25) is 0 Å². The van der Waals surface area contributed by atoms with E-state index >= 15 is 0 Å². The van der Waals surface area contributed by atoms with E-state index in [-0.39, 0.29) is 12.1 Å². The summed E-state index contributed by atoms with van der Waals surface area (Å²) in [4.78, 5) is 24.3. The van der Waals surface area contributed by atoms with Gasteiger partial charge < -0.3 is 14.9 Å². The average molecular weight is 468 g/mol. The maximum absolute atomic E-state index is 10.9. The molecular weight excluding hydrogens is 442 g/mol. The highest BCUT2D eigenvalue weighted by atomic mass is 16.6. The Morgan fingerprint density at radius 2 is 1.80 bits per heavy atom. The molecule has 2 aromatic carbocycles. The molecule has 0 spiro atoms. The smallest absolute Gasteiger partial charge is 0.269 e. The average Bonchev–Trinajstić information content (AvgIpc) is 3.33. The second-order valence-corrected chi connectivity index (χ2v) is 8.68. The highest BCUT2D eigenvalue weighted by Crippen LogP contribution is 2.26. The molecule has 176 valence electrons. The van der Waals surface area contributed by atoms with E-state index in [2.05, 4.69) is 28.1 Å². The number of hydrogen-bond donors (Lipinski definition) is 1. The highest BCUT2D eigenvalue weighted by Gasteiger charge is 2.17. The summed E-state index contributed by atoms with van der Waals surface area (Å²) >= 11 is 0. The number of pyridine rings is 2. The molecule has 1 atom stereocenters. The minimum Gasteiger partial charge on any atom is -0.388 e. The summed E-state index contributed by atoms with van der Waals surface area (Å²) in [6, 6.07) is 22.3. The van der Waals surface area contributed by atoms with Crippen LogP contribution >= 0.6 is 0 Å². The molecule has 1 aliphatic rings. The minimum atomic E-state index is -0.823. The van der Waals surface area contributed by atoms with Crippen molar-refractivity contribution in [3.8, 4) is 0 Å². The van der Waals surface area contributed by atoms with Crippen molar-refractivity contribution in [3.05, 3.63) is 118 Å². The molecule has 0 saturated heterocycles. The fraction of sp³-hybridized carbons (Fsp3) is 0.185. The highest BCUT2D eigenvalue weighted by molar-refractivity contribution is 5.80. The first-order valence-corrected chi connectivity index (χ1v) is 11.4. The predicted molar refractivity (Wildman–Crippen MR) is 135 cm³/mol. The molecule has 1 N–H and O–H groups in total. The van der Waals surface area contributed by atoms with Gasteiger partial charge in [-0.2, -0.15) is 0 Å². The number of benzene rings is 2. The number of hydrogen-bond acceptors (Lipinski definition) is 7. The number of aryl methyl sites for hydroxylation is 1. The first-order chi connectivity index (χ1) is 17.0. The summed E-state index contributed by atoms with van der Waals surface area (Å²) in [5.41, 5.74) is 4.23. The van der Waals surface area contributed by atoms with Gasteiger partial charge >= 0.3 is 0 Å². The molecule has 0 radical (unpaired) electrons. The van der Waals surface area contributed by atoms with Crippen molar-refractivity contribution < 1.29 is 10.0 Å². The van der Waals surface area contributed by atoms with Crippen LogP contribution in [0.3, 0.4) is 0 Å². The van der Waals surface area contributed by atoms with Crippen LogP contribution in [-0.2, 0) is 13.0 Å². The molecule has 3 heterocycles. The molecular formula is C27H25N5O3. The second kappa shape index (κ2) is 9.52. The van der Waals surface area contributed by atoms with Gasteiger partial charge in [0.15, 0.2) is 5.65 Å². The summed E-state index contributed by atoms with van der Waals surface area (Å²) in [5.74, 6) is 0.810. The molecule has 0 aliphatic carbocycles. The van der Waals surface area contributed by atoms with Gasteiger partial charge in [-0.05, 0) is 53.9 Å². The van der Waals surface area contributed by atoms with Crippen LogP contribution in [0.15, 0.2) is 85.2 Å². The minimum absolute atomic E-state index is 0.00403. The molecule has 0 fully saturated rings. The Bertz CT molecular complexity index is 1390. The molecule has 1 unspecified atom stereocenters. The van der Waals surface area contributed by atoms with Crippen molar-refractivity contribution in [3.63, 3.8) is 0 Å². The molecule has 5 rings (SSSR count). The molecule has 8 nitrogen and oxygen atoms in total. The lowest BCUT2D eigenvalue weighted by atomic mass is 10.0. The lowest BCUT2D eigenvalue weighted by Crippen LogP contribution is -2.25. The number of aliphatic hydroxyl groups is 1. The SMILES string of the molecule is Cc1cc(CC(O)c2ccc([N+](=O)[O-])cc2)nc2nc(N3C=CN(Cc4ccccc4)C3)ccc12. The van der Waals surface area contributed by atoms with Crippen molar-refractivity contribution >= 4 is 22.5 Å². The van der Waals surface area contributed by atoms with Crippen molar-refractivity contribution in [1.29, 1.82) is 0 Å². The quantitative estimate of drug-likeness (QED) is 0.306. The molecule has 35 heavy (non-hydrogen) atoms. The lowest BCUT2D eigenvalue weighted by molar-refractivity contribution is -0.384. The lowest BCUT2D eigenvalue weighted by Gasteiger charge is -2.21. The molecule has 8 heteroatoms. The van der Waals surface area contributed by atoms with Crippen molar-refractivity contribution in [2.75, 3.05) is 11.6 Å². The Balaban J connectivity index is 1.32. The Labute approximate surface area is 202 Å². The number of aliphatic hydroxyl groups excluding tert-OH is 1. The third kappa shape index (κ3) is 4.97. The van der Waals surface area contributed by atoms with Gasteiger partial charge in [0.1, 0.15) is 5.82 Å². The topological polar surface area (TPSA) is 95.6 Å². The first kappa shape index (κ1) is 22.5. The normalized spacial score (nSPS) is 14.0. The van der Waals surface area contributed by atoms with E-state index in [1.54, 1.807) is 12.1 Å². The van der Waals surface area contributed by atoms with Crippen LogP contribution in [-0.4, -0.2) is 31.6 Å². The summed E-state index contributed by atoms with van der Waals surface area (Å²) in [6.45, 7) is 3.53. The molecule has 0 saturated carbocycles. The molecule has 4 aromatic rings. The Morgan fingerprint density at radius 3 is 2.54 bits per heavy atom. The Kier molecular flexibility index (Phi) is 6.12. The van der Waals surface area contributed by atoms with E-state index < -0.39 is 11.0 Å². The van der Waals surface area contributed by atoms with Crippen molar-refractivity contribution in [1.82, 2.24) is 14.9 Å². The standard InChI is InChI=1S/C27H25N5O3/c1-19-15-22(16-25(33)21-7-9-23(10-8-21)32(34)35)28-27-24(19)11-12-26(29-27)31-14-13-30(18-31)17-20-5-3-2-4-6-20/h2-15,25,33H,16-18H2,1H3. The van der Waals surface area contributed by atoms with Crippen LogP contribution in [0.25, 0.3) is 11.0 Å². The zero-order chi connectivity index (χ0) is 24.4. The zero-order valence-corrected chi connectivity index (χ0v) is 19.3. The fourth-order valence-corrected chi connectivity index (χ4v) is 4.26. The van der Waals surface area contributed by atoms with E-state index in [1.165, 1.54) is 17.7 Å². The number of nitro groups is 1. The number of fused-ring (bicyclic) bond motifs is 1. The third-order valence-corrected chi connectivity index (χ3v) is 6.12. The van der Waals surface area contributed by atoms with Crippen LogP contribution in [0, 0.1) is 17.0 Å². The summed E-state index contributed by atoms with van der Waals surface area (Å²) < 4.78 is 0. The monoisotopic (exact) mass is 467 g/mol. The van der Waals surface area contributed by atoms with Crippen LogP contribution in [0.5, 0.6) is 0 Å². The first-order valence-electron chi connectivity index (χ1n) is 11.4. The van der Waals surface area contributed by atoms with Gasteiger partial charge in [-0.3, -0.25) is 10.1 Å². The molecule has 1 aliphatic heterocycles.